The first kappa shape index (κ1) is 11.1. The Bertz CT molecular complexity index is 497. The summed E-state index contributed by atoms with van der Waals surface area (Å²) in [5, 5.41) is 0. The molecule has 2 rings (SSSR count). The molecule has 82 valence electrons. The monoisotopic (exact) mass is 278 g/mol. The summed E-state index contributed by atoms with van der Waals surface area (Å²) in [5.74, 6) is 0.376. The second kappa shape index (κ2) is 4.66. The van der Waals surface area contributed by atoms with Crippen LogP contribution in [0.2, 0.25) is 0 Å². The van der Waals surface area contributed by atoms with Crippen LogP contribution in [0.25, 0.3) is 0 Å². The zero-order chi connectivity index (χ0) is 11.5. The molecule has 0 saturated heterocycles. The lowest BCUT2D eigenvalue weighted by molar-refractivity contribution is 0.0965. The summed E-state index contributed by atoms with van der Waals surface area (Å²) >= 11 is 3.28. The van der Waals surface area contributed by atoms with Crippen molar-refractivity contribution >= 4 is 21.7 Å². The fourth-order valence-electron chi connectivity index (χ4n) is 1.46. The Labute approximate surface area is 102 Å². The molecule has 16 heavy (non-hydrogen) atoms. The van der Waals surface area contributed by atoms with Gasteiger partial charge in [0.2, 0.25) is 5.78 Å². The van der Waals surface area contributed by atoms with Gasteiger partial charge in [0.05, 0.1) is 10.7 Å². The van der Waals surface area contributed by atoms with Crippen LogP contribution in [0.1, 0.15) is 21.7 Å². The summed E-state index contributed by atoms with van der Waals surface area (Å²) in [6.45, 7) is 2.02. The quantitative estimate of drug-likeness (QED) is 0.800. The van der Waals surface area contributed by atoms with Gasteiger partial charge in [-0.25, -0.2) is 0 Å². The molecule has 0 saturated carbocycles. The molecule has 0 amide bonds. The molecule has 0 aliphatic rings. The van der Waals surface area contributed by atoms with Crippen LogP contribution in [0.15, 0.2) is 45.5 Å². The van der Waals surface area contributed by atoms with Gasteiger partial charge in [0, 0.05) is 6.42 Å². The standard InChI is InChI=1S/C13H11BrO2/c1-9-2-4-10(5-3-9)8-12(15)13-11(14)6-7-16-13/h2-7H,8H2,1H3. The number of benzene rings is 1. The smallest absolute Gasteiger partial charge is 0.203 e. The van der Waals surface area contributed by atoms with E-state index in [1.54, 1.807) is 6.07 Å². The zero-order valence-electron chi connectivity index (χ0n) is 8.87. The number of aryl methyl sites for hydroxylation is 1. The van der Waals surface area contributed by atoms with Crippen LogP contribution in [0.4, 0.5) is 0 Å². The molecule has 0 radical (unpaired) electrons. The Morgan fingerprint density at radius 2 is 1.94 bits per heavy atom. The number of rotatable bonds is 3. The molecule has 0 fully saturated rings. The van der Waals surface area contributed by atoms with E-state index in [0.29, 0.717) is 16.7 Å². The number of carbonyl (C=O) groups excluding carboxylic acids is 1. The first-order chi connectivity index (χ1) is 7.66. The van der Waals surface area contributed by atoms with Crippen molar-refractivity contribution in [2.75, 3.05) is 0 Å². The van der Waals surface area contributed by atoms with Gasteiger partial charge in [-0.2, -0.15) is 0 Å². The Kier molecular flexibility index (Phi) is 3.25. The maximum Gasteiger partial charge on any atom is 0.203 e. The largest absolute Gasteiger partial charge is 0.460 e. The summed E-state index contributed by atoms with van der Waals surface area (Å²) in [7, 11) is 0. The van der Waals surface area contributed by atoms with E-state index in [0.717, 1.165) is 5.56 Å². The molecule has 0 aliphatic heterocycles. The normalized spacial score (nSPS) is 10.4. The molecular formula is C13H11BrO2. The fourth-order valence-corrected chi connectivity index (χ4v) is 1.89. The molecule has 1 heterocycles. The summed E-state index contributed by atoms with van der Waals surface area (Å²) in [6.07, 6.45) is 1.87. The molecule has 0 unspecified atom stereocenters. The highest BCUT2D eigenvalue weighted by Gasteiger charge is 2.13. The summed E-state index contributed by atoms with van der Waals surface area (Å²) in [5.41, 5.74) is 2.19. The molecule has 0 N–H and O–H groups in total. The van der Waals surface area contributed by atoms with Crippen molar-refractivity contribution in [3.63, 3.8) is 0 Å². The van der Waals surface area contributed by atoms with Gasteiger partial charge in [-0.15, -0.1) is 0 Å². The van der Waals surface area contributed by atoms with Crippen molar-refractivity contribution in [2.45, 2.75) is 13.3 Å². The van der Waals surface area contributed by atoms with Crippen LogP contribution in [-0.4, -0.2) is 5.78 Å². The number of Topliss-reactive ketones (excluding diaryl/α,β-unsaturated/α-hetero) is 1. The average molecular weight is 279 g/mol. The van der Waals surface area contributed by atoms with E-state index in [1.807, 2.05) is 31.2 Å². The van der Waals surface area contributed by atoms with Crippen molar-refractivity contribution < 1.29 is 9.21 Å². The van der Waals surface area contributed by atoms with Crippen LogP contribution >= 0.6 is 15.9 Å². The Morgan fingerprint density at radius 3 is 2.50 bits per heavy atom. The maximum absolute atomic E-state index is 11.9. The molecule has 1 aromatic heterocycles. The van der Waals surface area contributed by atoms with E-state index in [1.165, 1.54) is 11.8 Å². The van der Waals surface area contributed by atoms with E-state index < -0.39 is 0 Å². The van der Waals surface area contributed by atoms with Crippen LogP contribution < -0.4 is 0 Å². The molecule has 3 heteroatoms. The van der Waals surface area contributed by atoms with E-state index in [9.17, 15) is 4.79 Å². The Morgan fingerprint density at radius 1 is 1.25 bits per heavy atom. The average Bonchev–Trinajstić information content (AvgIpc) is 2.68. The minimum Gasteiger partial charge on any atom is -0.460 e. The van der Waals surface area contributed by atoms with Gasteiger partial charge in [0.15, 0.2) is 5.76 Å². The molecule has 2 aromatic rings. The zero-order valence-corrected chi connectivity index (χ0v) is 10.5. The van der Waals surface area contributed by atoms with Gasteiger partial charge in [-0.05, 0) is 34.5 Å². The van der Waals surface area contributed by atoms with Gasteiger partial charge in [-0.1, -0.05) is 29.8 Å². The van der Waals surface area contributed by atoms with Crippen LogP contribution in [-0.2, 0) is 6.42 Å². The lowest BCUT2D eigenvalue weighted by atomic mass is 10.1. The van der Waals surface area contributed by atoms with E-state index in [2.05, 4.69) is 15.9 Å². The summed E-state index contributed by atoms with van der Waals surface area (Å²) in [6, 6.07) is 9.65. The lowest BCUT2D eigenvalue weighted by Crippen LogP contribution is -2.02. The van der Waals surface area contributed by atoms with Crippen LogP contribution in [0.3, 0.4) is 0 Å². The number of carbonyl (C=O) groups is 1. The lowest BCUT2D eigenvalue weighted by Gasteiger charge is -2.00. The number of hydrogen-bond acceptors (Lipinski definition) is 2. The van der Waals surface area contributed by atoms with E-state index in [-0.39, 0.29) is 5.78 Å². The predicted molar refractivity (Wildman–Crippen MR) is 65.6 cm³/mol. The number of halogens is 1. The fraction of sp³-hybridized carbons (Fsp3) is 0.154. The third kappa shape index (κ3) is 2.42. The molecule has 0 aliphatic carbocycles. The Hall–Kier alpha value is -1.35. The molecule has 0 atom stereocenters. The first-order valence-electron chi connectivity index (χ1n) is 4.98. The third-order valence-electron chi connectivity index (χ3n) is 2.36. The van der Waals surface area contributed by atoms with Gasteiger partial charge < -0.3 is 4.42 Å². The maximum atomic E-state index is 11.9. The van der Waals surface area contributed by atoms with Crippen molar-refractivity contribution in [3.05, 3.63) is 58.0 Å². The topological polar surface area (TPSA) is 30.2 Å². The van der Waals surface area contributed by atoms with Crippen molar-refractivity contribution in [1.29, 1.82) is 0 Å². The second-order valence-electron chi connectivity index (χ2n) is 3.68. The molecule has 2 nitrogen and oxygen atoms in total. The van der Waals surface area contributed by atoms with E-state index >= 15 is 0 Å². The predicted octanol–water partition coefficient (Wildman–Crippen LogP) is 3.78. The molecule has 0 bridgehead atoms. The molecule has 1 aromatic carbocycles. The number of furan rings is 1. The van der Waals surface area contributed by atoms with E-state index in [4.69, 9.17) is 4.42 Å². The third-order valence-corrected chi connectivity index (χ3v) is 2.98. The number of ketones is 1. The summed E-state index contributed by atoms with van der Waals surface area (Å²) < 4.78 is 5.84. The van der Waals surface area contributed by atoms with Crippen molar-refractivity contribution in [3.8, 4) is 0 Å². The second-order valence-corrected chi connectivity index (χ2v) is 4.54. The van der Waals surface area contributed by atoms with Gasteiger partial charge >= 0.3 is 0 Å². The highest BCUT2D eigenvalue weighted by Crippen LogP contribution is 2.19. The highest BCUT2D eigenvalue weighted by molar-refractivity contribution is 9.10. The Balaban J connectivity index is 2.14. The first-order valence-corrected chi connectivity index (χ1v) is 5.78. The van der Waals surface area contributed by atoms with Gasteiger partial charge in [0.1, 0.15) is 0 Å². The van der Waals surface area contributed by atoms with Crippen molar-refractivity contribution in [1.82, 2.24) is 0 Å². The summed E-state index contributed by atoms with van der Waals surface area (Å²) in [4.78, 5) is 11.9. The van der Waals surface area contributed by atoms with Gasteiger partial charge in [-0.3, -0.25) is 4.79 Å². The SMILES string of the molecule is Cc1ccc(CC(=O)c2occc2Br)cc1. The van der Waals surface area contributed by atoms with Crippen molar-refractivity contribution in [2.24, 2.45) is 0 Å². The minimum atomic E-state index is -0.0132. The van der Waals surface area contributed by atoms with Crippen LogP contribution in [0, 0.1) is 6.92 Å². The molecular weight excluding hydrogens is 268 g/mol. The minimum absolute atomic E-state index is 0.0132. The molecule has 0 spiro atoms. The van der Waals surface area contributed by atoms with Crippen LogP contribution in [0.5, 0.6) is 0 Å². The highest BCUT2D eigenvalue weighted by atomic mass is 79.9. The number of hydrogen-bond donors (Lipinski definition) is 0. The van der Waals surface area contributed by atoms with Gasteiger partial charge in [0.25, 0.3) is 0 Å².